The van der Waals surface area contributed by atoms with Crippen LogP contribution in [0.1, 0.15) is 44.1 Å². The Morgan fingerprint density at radius 2 is 1.92 bits per heavy atom. The monoisotopic (exact) mass is 352 g/mol. The average molecular weight is 352 g/mol. The predicted octanol–water partition coefficient (Wildman–Crippen LogP) is 3.70. The van der Waals surface area contributed by atoms with Crippen LogP contribution in [-0.4, -0.2) is 36.3 Å². The number of carbonyl (C=O) groups excluding carboxylic acids is 2. The molecule has 4 rings (SSSR count). The summed E-state index contributed by atoms with van der Waals surface area (Å²) in [5.74, 6) is -0.467. The second-order valence-corrected chi connectivity index (χ2v) is 8.24. The summed E-state index contributed by atoms with van der Waals surface area (Å²) < 4.78 is 0. The van der Waals surface area contributed by atoms with Crippen LogP contribution in [0.4, 0.5) is 5.69 Å². The van der Waals surface area contributed by atoms with Gasteiger partial charge < -0.3 is 9.80 Å². The number of hydrogen-bond acceptors (Lipinski definition) is 2. The molecule has 2 atom stereocenters. The number of carbonyl (C=O) groups is 2. The summed E-state index contributed by atoms with van der Waals surface area (Å²) in [6.45, 7) is 4.30. The van der Waals surface area contributed by atoms with E-state index in [1.54, 1.807) is 4.90 Å². The lowest BCUT2D eigenvalue weighted by Gasteiger charge is -2.44. The van der Waals surface area contributed by atoms with Crippen molar-refractivity contribution in [3.8, 4) is 0 Å². The molecule has 4 nitrogen and oxygen atoms in total. The maximum absolute atomic E-state index is 13.1. The Kier molecular flexibility index (Phi) is 4.60. The van der Waals surface area contributed by atoms with E-state index in [2.05, 4.69) is 12.2 Å². The number of amides is 2. The van der Waals surface area contributed by atoms with Crippen LogP contribution in [-0.2, 0) is 9.59 Å². The van der Waals surface area contributed by atoms with Gasteiger partial charge in [-0.25, -0.2) is 0 Å². The summed E-state index contributed by atoms with van der Waals surface area (Å²) in [4.78, 5) is 29.8. The van der Waals surface area contributed by atoms with E-state index >= 15 is 0 Å². The number of benzene rings is 1. The van der Waals surface area contributed by atoms with Gasteiger partial charge >= 0.3 is 0 Å². The molecule has 0 bridgehead atoms. The third kappa shape index (κ3) is 3.17. The fraction of sp³-hybridized carbons (Fsp3) is 0.545. The number of likely N-dealkylation sites (tertiary alicyclic amines) is 1. The molecule has 4 heteroatoms. The minimum Gasteiger partial charge on any atom is -0.341 e. The molecule has 26 heavy (non-hydrogen) atoms. The molecule has 0 N–H and O–H groups in total. The third-order valence-corrected chi connectivity index (χ3v) is 6.38. The highest BCUT2D eigenvalue weighted by Gasteiger charge is 2.43. The van der Waals surface area contributed by atoms with Crippen molar-refractivity contribution < 1.29 is 9.59 Å². The Hall–Kier alpha value is -2.10. The van der Waals surface area contributed by atoms with Crippen LogP contribution >= 0.6 is 0 Å². The number of rotatable bonds is 2. The van der Waals surface area contributed by atoms with Crippen molar-refractivity contribution in [1.82, 2.24) is 4.90 Å². The maximum atomic E-state index is 13.1. The number of hydrogen-bond donors (Lipinski definition) is 0. The highest BCUT2D eigenvalue weighted by Crippen LogP contribution is 2.41. The number of nitrogens with zero attached hydrogens (tertiary/aromatic N) is 2. The Balaban J connectivity index is 1.45. The van der Waals surface area contributed by atoms with Crippen molar-refractivity contribution in [2.45, 2.75) is 45.4 Å². The standard InChI is InChI=1S/C22H28N2O2/c1-17-6-8-18(9-7-17)24-15-10-19(21(24)26)20(25)23-14-5-13-22(16-23)11-3-2-4-12-22/h2-3,6-9,19H,4-5,10-16H2,1H3. The van der Waals surface area contributed by atoms with E-state index in [0.717, 1.165) is 38.0 Å². The van der Waals surface area contributed by atoms with E-state index in [9.17, 15) is 9.59 Å². The van der Waals surface area contributed by atoms with Gasteiger partial charge in [-0.05, 0) is 63.0 Å². The van der Waals surface area contributed by atoms with Gasteiger partial charge in [-0.3, -0.25) is 9.59 Å². The smallest absolute Gasteiger partial charge is 0.239 e. The number of anilines is 1. The molecule has 2 amide bonds. The first-order chi connectivity index (χ1) is 12.6. The number of aryl methyl sites for hydroxylation is 1. The summed E-state index contributed by atoms with van der Waals surface area (Å²) in [6.07, 6.45) is 10.8. The van der Waals surface area contributed by atoms with Gasteiger partial charge in [0.05, 0.1) is 0 Å². The lowest BCUT2D eigenvalue weighted by atomic mass is 9.71. The second-order valence-electron chi connectivity index (χ2n) is 8.24. The van der Waals surface area contributed by atoms with Crippen LogP contribution in [0.2, 0.25) is 0 Å². The van der Waals surface area contributed by atoms with Crippen LogP contribution in [0.25, 0.3) is 0 Å². The quantitative estimate of drug-likeness (QED) is 0.601. The lowest BCUT2D eigenvalue weighted by molar-refractivity contribution is -0.143. The highest BCUT2D eigenvalue weighted by molar-refractivity contribution is 6.09. The zero-order valence-electron chi connectivity index (χ0n) is 15.6. The molecule has 138 valence electrons. The summed E-state index contributed by atoms with van der Waals surface area (Å²) in [7, 11) is 0. The molecular weight excluding hydrogens is 324 g/mol. The Labute approximate surface area is 155 Å². The van der Waals surface area contributed by atoms with E-state index < -0.39 is 5.92 Å². The maximum Gasteiger partial charge on any atom is 0.239 e. The van der Waals surface area contributed by atoms with E-state index in [1.165, 1.54) is 18.4 Å². The first-order valence-corrected chi connectivity index (χ1v) is 9.90. The van der Waals surface area contributed by atoms with E-state index in [4.69, 9.17) is 0 Å². The normalized spacial score (nSPS) is 28.8. The topological polar surface area (TPSA) is 40.6 Å². The first-order valence-electron chi connectivity index (χ1n) is 9.90. The molecule has 0 saturated carbocycles. The lowest BCUT2D eigenvalue weighted by Crippen LogP contribution is -2.49. The van der Waals surface area contributed by atoms with Gasteiger partial charge in [0.1, 0.15) is 5.92 Å². The molecule has 2 unspecified atom stereocenters. The Morgan fingerprint density at radius 3 is 2.65 bits per heavy atom. The first kappa shape index (κ1) is 17.3. The van der Waals surface area contributed by atoms with Gasteiger partial charge in [-0.1, -0.05) is 29.8 Å². The number of piperidine rings is 1. The van der Waals surface area contributed by atoms with Gasteiger partial charge in [0.25, 0.3) is 0 Å². The summed E-state index contributed by atoms with van der Waals surface area (Å²) in [5.41, 5.74) is 2.33. The van der Waals surface area contributed by atoms with Crippen LogP contribution < -0.4 is 4.90 Å². The zero-order valence-corrected chi connectivity index (χ0v) is 15.6. The molecule has 2 aliphatic heterocycles. The molecule has 0 aromatic heterocycles. The summed E-state index contributed by atoms with van der Waals surface area (Å²) in [5, 5.41) is 0. The Bertz CT molecular complexity index is 724. The van der Waals surface area contributed by atoms with Crippen molar-refractivity contribution in [1.29, 1.82) is 0 Å². The fourth-order valence-electron chi connectivity index (χ4n) is 4.82. The average Bonchev–Trinajstić information content (AvgIpc) is 3.04. The molecular formula is C22H28N2O2. The minimum atomic E-state index is -0.495. The van der Waals surface area contributed by atoms with Crippen LogP contribution in [0.5, 0.6) is 0 Å². The number of allylic oxidation sites excluding steroid dienone is 2. The molecule has 1 aromatic carbocycles. The fourth-order valence-corrected chi connectivity index (χ4v) is 4.82. The van der Waals surface area contributed by atoms with Crippen LogP contribution in [0.3, 0.4) is 0 Å². The molecule has 1 spiro atoms. The minimum absolute atomic E-state index is 0.0259. The van der Waals surface area contributed by atoms with Crippen molar-refractivity contribution in [3.05, 3.63) is 42.0 Å². The van der Waals surface area contributed by atoms with Crippen molar-refractivity contribution >= 4 is 17.5 Å². The predicted molar refractivity (Wildman–Crippen MR) is 103 cm³/mol. The van der Waals surface area contributed by atoms with Crippen molar-refractivity contribution in [3.63, 3.8) is 0 Å². The van der Waals surface area contributed by atoms with Crippen LogP contribution in [0, 0.1) is 18.3 Å². The van der Waals surface area contributed by atoms with Gasteiger partial charge in [0.15, 0.2) is 0 Å². The molecule has 0 radical (unpaired) electrons. The third-order valence-electron chi connectivity index (χ3n) is 6.38. The van der Waals surface area contributed by atoms with Crippen molar-refractivity contribution in [2.75, 3.05) is 24.5 Å². The molecule has 2 heterocycles. The summed E-state index contributed by atoms with van der Waals surface area (Å²) >= 11 is 0. The van der Waals surface area contributed by atoms with Crippen LogP contribution in [0.15, 0.2) is 36.4 Å². The molecule has 1 aromatic rings. The van der Waals surface area contributed by atoms with E-state index in [0.29, 0.717) is 13.0 Å². The molecule has 3 aliphatic rings. The Morgan fingerprint density at radius 1 is 1.12 bits per heavy atom. The van der Waals surface area contributed by atoms with E-state index in [-0.39, 0.29) is 17.2 Å². The largest absolute Gasteiger partial charge is 0.341 e. The van der Waals surface area contributed by atoms with Gasteiger partial charge in [-0.2, -0.15) is 0 Å². The van der Waals surface area contributed by atoms with Gasteiger partial charge in [-0.15, -0.1) is 0 Å². The molecule has 2 fully saturated rings. The zero-order chi connectivity index (χ0) is 18.1. The van der Waals surface area contributed by atoms with Gasteiger partial charge in [0, 0.05) is 25.3 Å². The van der Waals surface area contributed by atoms with Gasteiger partial charge in [0.2, 0.25) is 11.8 Å². The highest BCUT2D eigenvalue weighted by atomic mass is 16.2. The van der Waals surface area contributed by atoms with E-state index in [1.807, 2.05) is 36.1 Å². The summed E-state index contributed by atoms with van der Waals surface area (Å²) in [6, 6.07) is 7.99. The SMILES string of the molecule is Cc1ccc(N2CCC(C(=O)N3CCCC4(CC=CCC4)C3)C2=O)cc1. The molecule has 1 aliphatic carbocycles. The molecule has 2 saturated heterocycles. The van der Waals surface area contributed by atoms with Crippen molar-refractivity contribution in [2.24, 2.45) is 11.3 Å². The second kappa shape index (κ2) is 6.90.